The molecule has 0 bridgehead atoms. The molecule has 3 nitrogen and oxygen atoms in total. The Kier molecular flexibility index (Phi) is 7.20. The van der Waals surface area contributed by atoms with E-state index in [0.29, 0.717) is 12.5 Å². The van der Waals surface area contributed by atoms with Crippen LogP contribution in [0.5, 0.6) is 0 Å². The largest absolute Gasteiger partial charge is 0.380 e. The first kappa shape index (κ1) is 15.9. The van der Waals surface area contributed by atoms with Crippen molar-refractivity contribution in [2.24, 2.45) is 11.7 Å². The summed E-state index contributed by atoms with van der Waals surface area (Å²) < 4.78 is 5.48. The Hall–Kier alpha value is -0.120. The molecule has 16 heavy (non-hydrogen) atoms. The number of nitrogens with two attached hydrogens (primary N) is 1. The van der Waals surface area contributed by atoms with E-state index < -0.39 is 0 Å². The monoisotopic (exact) mass is 230 g/mol. The topological polar surface area (TPSA) is 38.5 Å². The minimum Gasteiger partial charge on any atom is -0.380 e. The van der Waals surface area contributed by atoms with Gasteiger partial charge in [-0.05, 0) is 26.3 Å². The van der Waals surface area contributed by atoms with Crippen LogP contribution in [0.3, 0.4) is 0 Å². The van der Waals surface area contributed by atoms with E-state index in [9.17, 15) is 0 Å². The zero-order valence-corrected chi connectivity index (χ0v) is 11.9. The predicted octanol–water partition coefficient (Wildman–Crippen LogP) is 2.11. The lowest BCUT2D eigenvalue weighted by atomic mass is 9.91. The van der Waals surface area contributed by atoms with E-state index in [1.807, 2.05) is 0 Å². The summed E-state index contributed by atoms with van der Waals surface area (Å²) in [5.74, 6) is 0.704. The van der Waals surface area contributed by atoms with E-state index in [1.165, 1.54) is 6.42 Å². The van der Waals surface area contributed by atoms with Gasteiger partial charge in [0.25, 0.3) is 0 Å². The number of nitrogens with zero attached hydrogens (tertiary/aromatic N) is 1. The van der Waals surface area contributed by atoms with Crippen molar-refractivity contribution in [2.75, 3.05) is 26.7 Å². The van der Waals surface area contributed by atoms with Crippen LogP contribution < -0.4 is 5.73 Å². The summed E-state index contributed by atoms with van der Waals surface area (Å²) in [6.45, 7) is 13.8. The van der Waals surface area contributed by atoms with Crippen molar-refractivity contribution in [3.8, 4) is 0 Å². The molecule has 0 spiro atoms. The molecule has 0 saturated heterocycles. The van der Waals surface area contributed by atoms with E-state index in [2.05, 4.69) is 39.5 Å². The third kappa shape index (κ3) is 3.72. The molecule has 0 aromatic rings. The summed E-state index contributed by atoms with van der Waals surface area (Å²) in [6, 6.07) is 0. The zero-order chi connectivity index (χ0) is 12.8. The zero-order valence-electron chi connectivity index (χ0n) is 11.9. The highest BCUT2D eigenvalue weighted by Crippen LogP contribution is 2.22. The standard InChI is InChI=1S/C13H30N2O/c1-7-11(3)9-15(8-2)13(5,10-14)12(4)16-6/h11-12H,7-10,14H2,1-6H3. The van der Waals surface area contributed by atoms with Gasteiger partial charge in [0.2, 0.25) is 0 Å². The van der Waals surface area contributed by atoms with Gasteiger partial charge in [0.05, 0.1) is 11.6 Å². The van der Waals surface area contributed by atoms with Crippen LogP contribution in [0.2, 0.25) is 0 Å². The van der Waals surface area contributed by atoms with E-state index in [1.54, 1.807) is 7.11 Å². The molecule has 0 radical (unpaired) electrons. The number of methoxy groups -OCH3 is 1. The van der Waals surface area contributed by atoms with Crippen molar-refractivity contribution in [3.05, 3.63) is 0 Å². The fourth-order valence-corrected chi connectivity index (χ4v) is 2.01. The SMILES string of the molecule is CCC(C)CN(CC)C(C)(CN)C(C)OC. The molecule has 3 unspecified atom stereocenters. The van der Waals surface area contributed by atoms with Crippen LogP contribution in [0.25, 0.3) is 0 Å². The Morgan fingerprint density at radius 3 is 2.19 bits per heavy atom. The van der Waals surface area contributed by atoms with Gasteiger partial charge >= 0.3 is 0 Å². The Labute approximate surface area is 101 Å². The van der Waals surface area contributed by atoms with E-state index in [4.69, 9.17) is 10.5 Å². The first-order valence-electron chi connectivity index (χ1n) is 6.44. The van der Waals surface area contributed by atoms with Crippen molar-refractivity contribution >= 4 is 0 Å². The van der Waals surface area contributed by atoms with Gasteiger partial charge in [0, 0.05) is 20.2 Å². The third-order valence-corrected chi connectivity index (χ3v) is 3.98. The van der Waals surface area contributed by atoms with Gasteiger partial charge in [-0.25, -0.2) is 0 Å². The van der Waals surface area contributed by atoms with E-state index in [-0.39, 0.29) is 11.6 Å². The highest BCUT2D eigenvalue weighted by molar-refractivity contribution is 4.93. The van der Waals surface area contributed by atoms with Crippen molar-refractivity contribution in [1.29, 1.82) is 0 Å². The van der Waals surface area contributed by atoms with Gasteiger partial charge in [-0.15, -0.1) is 0 Å². The van der Waals surface area contributed by atoms with Crippen molar-refractivity contribution in [2.45, 2.75) is 52.7 Å². The molecule has 98 valence electrons. The normalized spacial score (nSPS) is 19.5. The molecule has 2 N–H and O–H groups in total. The van der Waals surface area contributed by atoms with Gasteiger partial charge in [0.1, 0.15) is 0 Å². The van der Waals surface area contributed by atoms with Gasteiger partial charge in [0.15, 0.2) is 0 Å². The van der Waals surface area contributed by atoms with Crippen LogP contribution in [0.4, 0.5) is 0 Å². The number of ether oxygens (including phenoxy) is 1. The molecular formula is C13H30N2O. The van der Waals surface area contributed by atoms with Crippen molar-refractivity contribution in [3.63, 3.8) is 0 Å². The summed E-state index contributed by atoms with van der Waals surface area (Å²) in [5.41, 5.74) is 5.89. The van der Waals surface area contributed by atoms with Crippen LogP contribution in [0.1, 0.15) is 41.0 Å². The summed E-state index contributed by atoms with van der Waals surface area (Å²) in [4.78, 5) is 2.45. The third-order valence-electron chi connectivity index (χ3n) is 3.98. The molecule has 0 aliphatic heterocycles. The number of hydrogen-bond donors (Lipinski definition) is 1. The summed E-state index contributed by atoms with van der Waals surface area (Å²) in [6.07, 6.45) is 1.36. The quantitative estimate of drug-likeness (QED) is 0.694. The average molecular weight is 230 g/mol. The lowest BCUT2D eigenvalue weighted by Crippen LogP contribution is -2.59. The Morgan fingerprint density at radius 1 is 1.31 bits per heavy atom. The first-order chi connectivity index (χ1) is 7.46. The maximum atomic E-state index is 5.96. The van der Waals surface area contributed by atoms with E-state index >= 15 is 0 Å². The summed E-state index contributed by atoms with van der Waals surface area (Å²) in [5, 5.41) is 0. The fraction of sp³-hybridized carbons (Fsp3) is 1.00. The molecular weight excluding hydrogens is 200 g/mol. The maximum absolute atomic E-state index is 5.96. The summed E-state index contributed by atoms with van der Waals surface area (Å²) in [7, 11) is 1.76. The molecule has 0 amide bonds. The van der Waals surface area contributed by atoms with Gasteiger partial charge in [-0.3, -0.25) is 4.90 Å². The van der Waals surface area contributed by atoms with Crippen LogP contribution in [-0.4, -0.2) is 43.3 Å². The Balaban J connectivity index is 4.72. The number of likely N-dealkylation sites (N-methyl/N-ethyl adjacent to an activating group) is 1. The lowest BCUT2D eigenvalue weighted by Gasteiger charge is -2.44. The molecule has 3 atom stereocenters. The molecule has 0 aliphatic rings. The lowest BCUT2D eigenvalue weighted by molar-refractivity contribution is -0.0344. The van der Waals surface area contributed by atoms with Gasteiger partial charge < -0.3 is 10.5 Å². The maximum Gasteiger partial charge on any atom is 0.0736 e. The van der Waals surface area contributed by atoms with Crippen LogP contribution >= 0.6 is 0 Å². The first-order valence-corrected chi connectivity index (χ1v) is 6.44. The highest BCUT2D eigenvalue weighted by Gasteiger charge is 2.35. The van der Waals surface area contributed by atoms with Crippen molar-refractivity contribution < 1.29 is 4.74 Å². The minimum absolute atomic E-state index is 0.0626. The van der Waals surface area contributed by atoms with Gasteiger partial charge in [-0.2, -0.15) is 0 Å². The molecule has 0 fully saturated rings. The van der Waals surface area contributed by atoms with Crippen LogP contribution in [-0.2, 0) is 4.74 Å². The number of hydrogen-bond acceptors (Lipinski definition) is 3. The second kappa shape index (κ2) is 7.25. The molecule has 0 aromatic heterocycles. The Morgan fingerprint density at radius 2 is 1.88 bits per heavy atom. The number of rotatable bonds is 8. The molecule has 0 aliphatic carbocycles. The average Bonchev–Trinajstić information content (AvgIpc) is 2.33. The molecule has 0 heterocycles. The second-order valence-electron chi connectivity index (χ2n) is 4.99. The van der Waals surface area contributed by atoms with Crippen LogP contribution in [0.15, 0.2) is 0 Å². The predicted molar refractivity (Wildman–Crippen MR) is 70.6 cm³/mol. The van der Waals surface area contributed by atoms with Gasteiger partial charge in [-0.1, -0.05) is 27.2 Å². The molecule has 0 saturated carbocycles. The highest BCUT2D eigenvalue weighted by atomic mass is 16.5. The smallest absolute Gasteiger partial charge is 0.0736 e. The fourth-order valence-electron chi connectivity index (χ4n) is 2.01. The van der Waals surface area contributed by atoms with Crippen molar-refractivity contribution in [1.82, 2.24) is 4.90 Å². The molecule has 0 aromatic carbocycles. The Bertz CT molecular complexity index is 187. The summed E-state index contributed by atoms with van der Waals surface area (Å²) >= 11 is 0. The molecule has 3 heteroatoms. The second-order valence-corrected chi connectivity index (χ2v) is 4.99. The van der Waals surface area contributed by atoms with E-state index in [0.717, 1.165) is 13.1 Å². The minimum atomic E-state index is -0.0626. The molecule has 0 rings (SSSR count). The van der Waals surface area contributed by atoms with Crippen LogP contribution in [0, 0.1) is 5.92 Å².